The highest BCUT2D eigenvalue weighted by Crippen LogP contribution is 2.25. The Kier molecular flexibility index (Phi) is 3.96. The molecule has 0 bridgehead atoms. The Bertz CT molecular complexity index is 704. The molecule has 21 heavy (non-hydrogen) atoms. The van der Waals surface area contributed by atoms with Crippen LogP contribution in [0.2, 0.25) is 0 Å². The normalized spacial score (nSPS) is 12.3. The van der Waals surface area contributed by atoms with Crippen LogP contribution in [0.25, 0.3) is 5.82 Å². The number of aryl methyl sites for hydroxylation is 1. The van der Waals surface area contributed by atoms with Crippen molar-refractivity contribution in [1.29, 1.82) is 0 Å². The molecule has 3 heterocycles. The van der Waals surface area contributed by atoms with Crippen LogP contribution < -0.4 is 5.32 Å². The molecule has 1 atom stereocenters. The molecule has 0 radical (unpaired) electrons. The summed E-state index contributed by atoms with van der Waals surface area (Å²) in [4.78, 5) is 14.4. The van der Waals surface area contributed by atoms with Crippen molar-refractivity contribution < 1.29 is 0 Å². The minimum Gasteiger partial charge on any atom is -0.361 e. The van der Waals surface area contributed by atoms with Crippen LogP contribution in [0, 0.1) is 6.92 Å². The van der Waals surface area contributed by atoms with Crippen molar-refractivity contribution in [1.82, 2.24) is 19.5 Å². The zero-order valence-corrected chi connectivity index (χ0v) is 12.8. The Balaban J connectivity index is 1.85. The van der Waals surface area contributed by atoms with E-state index in [1.807, 2.05) is 17.7 Å². The summed E-state index contributed by atoms with van der Waals surface area (Å²) in [5.41, 5.74) is 0. The molecule has 0 saturated heterocycles. The Morgan fingerprint density at radius 3 is 2.95 bits per heavy atom. The van der Waals surface area contributed by atoms with Crippen molar-refractivity contribution in [3.05, 3.63) is 53.0 Å². The van der Waals surface area contributed by atoms with Crippen LogP contribution in [0.1, 0.15) is 30.1 Å². The lowest BCUT2D eigenvalue weighted by Gasteiger charge is -2.16. The molecule has 0 aliphatic carbocycles. The molecule has 1 N–H and O–H groups in total. The third-order valence-corrected chi connectivity index (χ3v) is 4.30. The molecule has 0 aromatic carbocycles. The van der Waals surface area contributed by atoms with E-state index in [0.29, 0.717) is 0 Å². The van der Waals surface area contributed by atoms with Gasteiger partial charge in [0.25, 0.3) is 0 Å². The van der Waals surface area contributed by atoms with Crippen LogP contribution in [0.5, 0.6) is 0 Å². The molecule has 0 fully saturated rings. The average Bonchev–Trinajstić information content (AvgIpc) is 3.16. The number of rotatable bonds is 5. The van der Waals surface area contributed by atoms with Crippen LogP contribution >= 0.6 is 11.3 Å². The lowest BCUT2D eigenvalue weighted by Crippen LogP contribution is -2.11. The van der Waals surface area contributed by atoms with Gasteiger partial charge < -0.3 is 5.32 Å². The molecule has 3 rings (SSSR count). The highest BCUT2D eigenvalue weighted by Gasteiger charge is 2.12. The molecule has 1 unspecified atom stereocenters. The third kappa shape index (κ3) is 2.95. The Morgan fingerprint density at radius 1 is 1.38 bits per heavy atom. The smallest absolute Gasteiger partial charge is 0.159 e. The molecule has 3 aromatic heterocycles. The minimum absolute atomic E-state index is 0.262. The number of anilines is 1. The number of hydrogen-bond donors (Lipinski definition) is 1. The highest BCUT2D eigenvalue weighted by atomic mass is 32.1. The SMILES string of the molecule is CCC(Nc1cncc(-n2ccnc2C)n1)c1cccs1. The summed E-state index contributed by atoms with van der Waals surface area (Å²) in [6.45, 7) is 4.11. The predicted molar refractivity (Wildman–Crippen MR) is 84.9 cm³/mol. The van der Waals surface area contributed by atoms with Gasteiger partial charge in [0.1, 0.15) is 11.6 Å². The molecule has 0 saturated carbocycles. The van der Waals surface area contributed by atoms with Crippen LogP contribution in [0.3, 0.4) is 0 Å². The largest absolute Gasteiger partial charge is 0.361 e. The van der Waals surface area contributed by atoms with E-state index in [-0.39, 0.29) is 6.04 Å². The fourth-order valence-electron chi connectivity index (χ4n) is 2.20. The minimum atomic E-state index is 0.262. The quantitative estimate of drug-likeness (QED) is 0.782. The van der Waals surface area contributed by atoms with Crippen molar-refractivity contribution in [3.63, 3.8) is 0 Å². The molecule has 0 aliphatic rings. The van der Waals surface area contributed by atoms with E-state index in [2.05, 4.69) is 44.7 Å². The highest BCUT2D eigenvalue weighted by molar-refractivity contribution is 7.10. The number of aromatic nitrogens is 4. The molecule has 3 aromatic rings. The molecular formula is C15H17N5S. The first kappa shape index (κ1) is 13.8. The van der Waals surface area contributed by atoms with Crippen molar-refractivity contribution in [3.8, 4) is 5.82 Å². The zero-order valence-electron chi connectivity index (χ0n) is 12.0. The maximum absolute atomic E-state index is 4.63. The van der Waals surface area contributed by atoms with Gasteiger partial charge in [0.15, 0.2) is 5.82 Å². The van der Waals surface area contributed by atoms with Gasteiger partial charge in [-0.15, -0.1) is 11.3 Å². The summed E-state index contributed by atoms with van der Waals surface area (Å²) in [7, 11) is 0. The molecule has 5 nitrogen and oxygen atoms in total. The summed E-state index contributed by atoms with van der Waals surface area (Å²) < 4.78 is 1.92. The van der Waals surface area contributed by atoms with Gasteiger partial charge in [-0.3, -0.25) is 9.55 Å². The molecule has 0 aliphatic heterocycles. The standard InChI is InChI=1S/C15H17N5S/c1-3-12(13-5-4-8-21-13)18-14-9-16-10-15(19-14)20-7-6-17-11(20)2/h4-10,12H,3H2,1-2H3,(H,18,19). The summed E-state index contributed by atoms with van der Waals surface area (Å²) in [6.07, 6.45) is 8.14. The van der Waals surface area contributed by atoms with Crippen molar-refractivity contribution >= 4 is 17.2 Å². The lowest BCUT2D eigenvalue weighted by molar-refractivity contribution is 0.755. The van der Waals surface area contributed by atoms with E-state index in [9.17, 15) is 0 Å². The molecule has 6 heteroatoms. The number of nitrogens with zero attached hydrogens (tertiary/aromatic N) is 4. The van der Waals surface area contributed by atoms with Crippen LogP contribution in [-0.2, 0) is 0 Å². The summed E-state index contributed by atoms with van der Waals surface area (Å²) in [6, 6.07) is 4.48. The molecule has 108 valence electrons. The zero-order chi connectivity index (χ0) is 14.7. The molecular weight excluding hydrogens is 282 g/mol. The van der Waals surface area contributed by atoms with E-state index in [0.717, 1.165) is 23.9 Å². The van der Waals surface area contributed by atoms with Crippen molar-refractivity contribution in [2.75, 3.05) is 5.32 Å². The van der Waals surface area contributed by atoms with Gasteiger partial charge >= 0.3 is 0 Å². The van der Waals surface area contributed by atoms with E-state index in [1.54, 1.807) is 29.9 Å². The predicted octanol–water partition coefficient (Wildman–Crippen LogP) is 3.60. The van der Waals surface area contributed by atoms with E-state index in [1.165, 1.54) is 4.88 Å². The Morgan fingerprint density at radius 2 is 2.29 bits per heavy atom. The lowest BCUT2D eigenvalue weighted by atomic mass is 10.2. The number of imidazole rings is 1. The first-order chi connectivity index (χ1) is 10.3. The van der Waals surface area contributed by atoms with Gasteiger partial charge in [0.05, 0.1) is 18.4 Å². The molecule has 0 spiro atoms. The average molecular weight is 299 g/mol. The van der Waals surface area contributed by atoms with Gasteiger partial charge in [-0.25, -0.2) is 9.97 Å². The number of nitrogens with one attached hydrogen (secondary N) is 1. The fraction of sp³-hybridized carbons (Fsp3) is 0.267. The van der Waals surface area contributed by atoms with Gasteiger partial charge in [-0.1, -0.05) is 13.0 Å². The van der Waals surface area contributed by atoms with Gasteiger partial charge in [-0.2, -0.15) is 0 Å². The van der Waals surface area contributed by atoms with E-state index >= 15 is 0 Å². The summed E-state index contributed by atoms with van der Waals surface area (Å²) >= 11 is 1.75. The van der Waals surface area contributed by atoms with Crippen molar-refractivity contribution in [2.24, 2.45) is 0 Å². The Hall–Kier alpha value is -2.21. The maximum atomic E-state index is 4.63. The summed E-state index contributed by atoms with van der Waals surface area (Å²) in [5.74, 6) is 2.45. The summed E-state index contributed by atoms with van der Waals surface area (Å²) in [5, 5.41) is 5.55. The van der Waals surface area contributed by atoms with Crippen LogP contribution in [-0.4, -0.2) is 19.5 Å². The number of thiophene rings is 1. The van der Waals surface area contributed by atoms with Crippen LogP contribution in [0.4, 0.5) is 5.82 Å². The maximum Gasteiger partial charge on any atom is 0.159 e. The number of hydrogen-bond acceptors (Lipinski definition) is 5. The first-order valence-electron chi connectivity index (χ1n) is 6.90. The fourth-order valence-corrected chi connectivity index (χ4v) is 3.07. The van der Waals surface area contributed by atoms with E-state index in [4.69, 9.17) is 0 Å². The van der Waals surface area contributed by atoms with Gasteiger partial charge in [0, 0.05) is 17.3 Å². The van der Waals surface area contributed by atoms with Crippen LogP contribution in [0.15, 0.2) is 42.3 Å². The molecule has 0 amide bonds. The first-order valence-corrected chi connectivity index (χ1v) is 7.78. The Labute approximate surface area is 127 Å². The second-order valence-electron chi connectivity index (χ2n) is 4.73. The topological polar surface area (TPSA) is 55.6 Å². The second-order valence-corrected chi connectivity index (χ2v) is 5.71. The van der Waals surface area contributed by atoms with Gasteiger partial charge in [-0.05, 0) is 24.8 Å². The third-order valence-electron chi connectivity index (χ3n) is 3.31. The monoisotopic (exact) mass is 299 g/mol. The van der Waals surface area contributed by atoms with Crippen molar-refractivity contribution in [2.45, 2.75) is 26.3 Å². The van der Waals surface area contributed by atoms with Gasteiger partial charge in [0.2, 0.25) is 0 Å². The second kappa shape index (κ2) is 6.05. The van der Waals surface area contributed by atoms with E-state index < -0.39 is 0 Å².